The van der Waals surface area contributed by atoms with Gasteiger partial charge in [-0.25, -0.2) is 0 Å². The van der Waals surface area contributed by atoms with Crippen LogP contribution in [0.25, 0.3) is 5.69 Å². The van der Waals surface area contributed by atoms with Crippen LogP contribution in [0.4, 0.5) is 11.4 Å². The molecule has 2 fully saturated rings. The largest absolute Gasteiger partial charge is 0.378 e. The maximum Gasteiger partial charge on any atom is 0.174 e. The van der Waals surface area contributed by atoms with Crippen molar-refractivity contribution in [2.75, 3.05) is 36.1 Å². The summed E-state index contributed by atoms with van der Waals surface area (Å²) in [5, 5.41) is 4.31. The van der Waals surface area contributed by atoms with Crippen LogP contribution in [0, 0.1) is 13.8 Å². The minimum absolute atomic E-state index is 0.0414. The van der Waals surface area contributed by atoms with Crippen LogP contribution in [0.15, 0.2) is 85.1 Å². The third-order valence-electron chi connectivity index (χ3n) is 7.41. The molecule has 37 heavy (non-hydrogen) atoms. The van der Waals surface area contributed by atoms with Crippen LogP contribution < -0.4 is 15.1 Å². The quantitative estimate of drug-likeness (QED) is 0.358. The Bertz CT molecular complexity index is 1380. The van der Waals surface area contributed by atoms with Gasteiger partial charge in [0.25, 0.3) is 0 Å². The molecule has 0 bridgehead atoms. The first kappa shape index (κ1) is 23.7. The SMILES string of the molecule is Cc1cc([C@H]2[C@@H](c3ccccn3)NC(=S)N2c2ccc(N3CCOCC3)cc2)c(C)n1-c1ccccc1. The van der Waals surface area contributed by atoms with Gasteiger partial charge in [0, 0.05) is 47.7 Å². The molecule has 1 N–H and O–H groups in total. The molecule has 0 saturated carbocycles. The number of hydrogen-bond donors (Lipinski definition) is 1. The van der Waals surface area contributed by atoms with Crippen LogP contribution >= 0.6 is 12.2 Å². The predicted molar refractivity (Wildman–Crippen MR) is 153 cm³/mol. The zero-order chi connectivity index (χ0) is 25.4. The molecular weight excluding hydrogens is 478 g/mol. The molecule has 0 spiro atoms. The van der Waals surface area contributed by atoms with E-state index in [-0.39, 0.29) is 12.1 Å². The summed E-state index contributed by atoms with van der Waals surface area (Å²) in [5.74, 6) is 0. The Labute approximate surface area is 223 Å². The molecule has 4 aromatic rings. The maximum atomic E-state index is 5.96. The van der Waals surface area contributed by atoms with E-state index in [1.165, 1.54) is 22.6 Å². The second-order valence-corrected chi connectivity index (χ2v) is 10.00. The zero-order valence-corrected chi connectivity index (χ0v) is 22.0. The van der Waals surface area contributed by atoms with Gasteiger partial charge in [-0.15, -0.1) is 0 Å². The lowest BCUT2D eigenvalue weighted by Gasteiger charge is -2.31. The minimum Gasteiger partial charge on any atom is -0.378 e. The highest BCUT2D eigenvalue weighted by atomic mass is 32.1. The van der Waals surface area contributed by atoms with Gasteiger partial charge in [-0.1, -0.05) is 24.3 Å². The van der Waals surface area contributed by atoms with Crippen LogP contribution in [0.5, 0.6) is 0 Å². The van der Waals surface area contributed by atoms with E-state index in [2.05, 4.69) is 100 Å². The summed E-state index contributed by atoms with van der Waals surface area (Å²) in [5.41, 5.74) is 8.06. The minimum atomic E-state index is -0.0719. The summed E-state index contributed by atoms with van der Waals surface area (Å²) in [7, 11) is 0. The monoisotopic (exact) mass is 509 g/mol. The number of aryl methyl sites for hydroxylation is 1. The van der Waals surface area contributed by atoms with Crippen molar-refractivity contribution in [2.24, 2.45) is 0 Å². The molecular formula is C30H31N5OS. The molecule has 2 aromatic heterocycles. The molecule has 2 aliphatic heterocycles. The predicted octanol–water partition coefficient (Wildman–Crippen LogP) is 5.50. The molecule has 2 atom stereocenters. The van der Waals surface area contributed by atoms with E-state index in [4.69, 9.17) is 21.9 Å². The molecule has 2 aliphatic rings. The number of para-hydroxylation sites is 1. The third kappa shape index (κ3) is 4.38. The lowest BCUT2D eigenvalue weighted by atomic mass is 9.96. The molecule has 6 rings (SSSR count). The molecule has 2 aromatic carbocycles. The number of nitrogens with one attached hydrogen (secondary N) is 1. The normalized spacial score (nSPS) is 19.8. The number of anilines is 2. The Morgan fingerprint density at radius 1 is 0.865 bits per heavy atom. The number of pyridine rings is 1. The van der Waals surface area contributed by atoms with Crippen molar-refractivity contribution in [1.29, 1.82) is 0 Å². The standard InChI is InChI=1S/C30H31N5OS/c1-21-20-26(22(2)34(21)24-8-4-3-5-9-24)29-28(27-10-6-7-15-31-27)32-30(37)35(29)25-13-11-23(12-14-25)33-16-18-36-19-17-33/h3-15,20,28-29H,16-19H2,1-2H3,(H,32,37)/t28-,29+/m1/s1. The zero-order valence-electron chi connectivity index (χ0n) is 21.2. The highest BCUT2D eigenvalue weighted by Crippen LogP contribution is 2.44. The summed E-state index contributed by atoms with van der Waals surface area (Å²) >= 11 is 5.96. The van der Waals surface area contributed by atoms with Crippen molar-refractivity contribution >= 4 is 28.7 Å². The second kappa shape index (κ2) is 10.00. The number of rotatable bonds is 5. The van der Waals surface area contributed by atoms with Gasteiger partial charge in [0.05, 0.1) is 31.0 Å². The van der Waals surface area contributed by atoms with Crippen molar-refractivity contribution in [3.63, 3.8) is 0 Å². The van der Waals surface area contributed by atoms with Gasteiger partial charge in [-0.2, -0.15) is 0 Å². The topological polar surface area (TPSA) is 45.6 Å². The van der Waals surface area contributed by atoms with E-state index in [1.54, 1.807) is 0 Å². The van der Waals surface area contributed by atoms with Gasteiger partial charge in [0.2, 0.25) is 0 Å². The van der Waals surface area contributed by atoms with E-state index in [9.17, 15) is 0 Å². The molecule has 0 unspecified atom stereocenters. The molecule has 4 heterocycles. The van der Waals surface area contributed by atoms with Crippen LogP contribution in [0.2, 0.25) is 0 Å². The fraction of sp³-hybridized carbons (Fsp3) is 0.267. The van der Waals surface area contributed by atoms with E-state index in [0.29, 0.717) is 5.11 Å². The average molecular weight is 510 g/mol. The third-order valence-corrected chi connectivity index (χ3v) is 7.72. The van der Waals surface area contributed by atoms with Crippen molar-refractivity contribution in [3.8, 4) is 5.69 Å². The van der Waals surface area contributed by atoms with Crippen LogP contribution in [0.3, 0.4) is 0 Å². The first-order chi connectivity index (χ1) is 18.1. The van der Waals surface area contributed by atoms with Gasteiger partial charge in [0.1, 0.15) is 0 Å². The van der Waals surface area contributed by atoms with Gasteiger partial charge < -0.3 is 24.4 Å². The first-order valence-corrected chi connectivity index (χ1v) is 13.2. The summed E-state index contributed by atoms with van der Waals surface area (Å²) < 4.78 is 7.85. The highest BCUT2D eigenvalue weighted by molar-refractivity contribution is 7.80. The summed E-state index contributed by atoms with van der Waals surface area (Å²) in [6.45, 7) is 7.74. The van der Waals surface area contributed by atoms with E-state index < -0.39 is 0 Å². The number of aromatic nitrogens is 2. The fourth-order valence-electron chi connectivity index (χ4n) is 5.66. The summed E-state index contributed by atoms with van der Waals surface area (Å²) in [6, 6.07) is 27.5. The number of ether oxygens (including phenoxy) is 1. The van der Waals surface area contributed by atoms with Crippen LogP contribution in [-0.4, -0.2) is 41.0 Å². The van der Waals surface area contributed by atoms with Crippen molar-refractivity contribution in [2.45, 2.75) is 25.9 Å². The van der Waals surface area contributed by atoms with E-state index >= 15 is 0 Å². The lowest BCUT2D eigenvalue weighted by Crippen LogP contribution is -2.36. The Balaban J connectivity index is 1.43. The Morgan fingerprint density at radius 3 is 2.27 bits per heavy atom. The van der Waals surface area contributed by atoms with Gasteiger partial charge in [-0.05, 0) is 86.2 Å². The van der Waals surface area contributed by atoms with Crippen LogP contribution in [0.1, 0.15) is 34.7 Å². The van der Waals surface area contributed by atoms with E-state index in [1.807, 2.05) is 18.3 Å². The number of hydrogen-bond acceptors (Lipinski definition) is 4. The van der Waals surface area contributed by atoms with Crippen LogP contribution in [-0.2, 0) is 4.74 Å². The van der Waals surface area contributed by atoms with E-state index in [0.717, 1.165) is 43.4 Å². The molecule has 188 valence electrons. The molecule has 0 amide bonds. The Hall–Kier alpha value is -3.68. The molecule has 2 saturated heterocycles. The second-order valence-electron chi connectivity index (χ2n) is 9.61. The number of thiocarbonyl (C=S) groups is 1. The lowest BCUT2D eigenvalue weighted by molar-refractivity contribution is 0.122. The number of benzene rings is 2. The number of morpholine rings is 1. The summed E-state index contributed by atoms with van der Waals surface area (Å²) in [4.78, 5) is 9.35. The highest BCUT2D eigenvalue weighted by Gasteiger charge is 2.42. The number of nitrogens with zero attached hydrogens (tertiary/aromatic N) is 4. The fourth-order valence-corrected chi connectivity index (χ4v) is 6.00. The summed E-state index contributed by atoms with van der Waals surface area (Å²) in [6.07, 6.45) is 1.85. The maximum absolute atomic E-state index is 5.96. The average Bonchev–Trinajstić information content (AvgIpc) is 3.45. The van der Waals surface area contributed by atoms with Crippen molar-refractivity contribution in [1.82, 2.24) is 14.9 Å². The smallest absolute Gasteiger partial charge is 0.174 e. The molecule has 0 radical (unpaired) electrons. The molecule has 6 nitrogen and oxygen atoms in total. The first-order valence-electron chi connectivity index (χ1n) is 12.8. The van der Waals surface area contributed by atoms with Gasteiger partial charge in [0.15, 0.2) is 5.11 Å². The van der Waals surface area contributed by atoms with Gasteiger partial charge >= 0.3 is 0 Å². The van der Waals surface area contributed by atoms with Crippen molar-refractivity contribution in [3.05, 3.63) is 108 Å². The Kier molecular flexibility index (Phi) is 6.40. The van der Waals surface area contributed by atoms with Crippen molar-refractivity contribution < 1.29 is 4.74 Å². The molecule has 0 aliphatic carbocycles. The Morgan fingerprint density at radius 2 is 1.57 bits per heavy atom. The molecule has 7 heteroatoms. The van der Waals surface area contributed by atoms with Gasteiger partial charge in [-0.3, -0.25) is 4.98 Å².